The van der Waals surface area contributed by atoms with Crippen LogP contribution in [0.15, 0.2) is 0 Å². The third kappa shape index (κ3) is 29.4. The van der Waals surface area contributed by atoms with Crippen LogP contribution in [0.4, 0.5) is 0 Å². The average Bonchev–Trinajstić information content (AvgIpc) is 3.33. The van der Waals surface area contributed by atoms with Gasteiger partial charge in [0.05, 0.1) is 39.5 Å². The van der Waals surface area contributed by atoms with Crippen LogP contribution >= 0.6 is 447 Å². The molecule has 0 aromatic rings. The molecule has 69 heavy (non-hydrogen) atoms. The number of aliphatic hydroxyl groups excluding tert-OH is 7. The first-order valence-electron chi connectivity index (χ1n) is 19.4. The molecular formula is C12H23B24I20N3O10. The van der Waals surface area contributed by atoms with Gasteiger partial charge in [0.1, 0.15) is 28.5 Å². The van der Waals surface area contributed by atoms with Gasteiger partial charge in [-0.3, -0.25) is 14.4 Å². The summed E-state index contributed by atoms with van der Waals surface area (Å²) in [5.74, 6) is -1.44. The second-order valence-corrected chi connectivity index (χ2v) is 47.3. The van der Waals surface area contributed by atoms with Crippen LogP contribution in [-0.2, 0) is 14.4 Å². The van der Waals surface area contributed by atoms with Gasteiger partial charge < -0.3 is 50.1 Å². The number of hydrogen-bond acceptors (Lipinski definition) is 10. The molecular weight excluding hydrogens is 3140 g/mol. The van der Waals surface area contributed by atoms with E-state index in [1.807, 2.05) is 0 Å². The second-order valence-electron chi connectivity index (χ2n) is 14.4. The Morgan fingerprint density at radius 1 is 0.377 bits per heavy atom. The van der Waals surface area contributed by atoms with Crippen molar-refractivity contribution in [3.8, 4) is 0 Å². The molecule has 0 rings (SSSR count). The first-order chi connectivity index (χ1) is 31.9. The van der Waals surface area contributed by atoms with Crippen LogP contribution in [0.3, 0.4) is 0 Å². The number of halogens is 20. The summed E-state index contributed by atoms with van der Waals surface area (Å²) in [5.41, 5.74) is 0. The Labute approximate surface area is 686 Å². The second kappa shape index (κ2) is 45.5. The molecule has 0 fully saturated rings. The minimum atomic E-state index is -1.19. The van der Waals surface area contributed by atoms with E-state index in [0.29, 0.717) is 0 Å². The van der Waals surface area contributed by atoms with Crippen LogP contribution in [0.5, 0.6) is 0 Å². The van der Waals surface area contributed by atoms with Gasteiger partial charge in [0.25, 0.3) is 9.19 Å². The fourth-order valence-corrected chi connectivity index (χ4v) is 30.7. The topological polar surface area (TPSA) is 203 Å². The summed E-state index contributed by atoms with van der Waals surface area (Å²) in [4.78, 5) is 43.9. The molecule has 2 atom stereocenters. The summed E-state index contributed by atoms with van der Waals surface area (Å²) < 4.78 is 0.654. The van der Waals surface area contributed by atoms with Gasteiger partial charge in [-0.15, -0.1) is 134 Å². The lowest BCUT2D eigenvalue weighted by Crippen LogP contribution is -2.71. The number of carbonyl (C=O) groups excluding carboxylic acids is 3. The third-order valence-electron chi connectivity index (χ3n) is 9.58. The zero-order valence-corrected chi connectivity index (χ0v) is 77.9. The number of hydrogen-bond donors (Lipinski definition) is 7. The quantitative estimate of drug-likeness (QED) is 0.0366. The number of amides is 3. The molecule has 4 radical (unpaired) electrons. The predicted octanol–water partition coefficient (Wildman–Crippen LogP) is 2.56. The van der Waals surface area contributed by atoms with Crippen molar-refractivity contribution in [1.82, 2.24) is 14.3 Å². The van der Waals surface area contributed by atoms with Gasteiger partial charge in [-0.2, -0.15) is 313 Å². The van der Waals surface area contributed by atoms with E-state index in [9.17, 15) is 50.1 Å². The molecule has 0 aliphatic carbocycles. The number of carbonyl (C=O) groups is 3. The molecule has 0 saturated heterocycles. The minimum Gasteiger partial charge on any atom is -0.423 e. The number of aliphatic hydroxyl groups is 7. The zero-order chi connectivity index (χ0) is 53.9. The van der Waals surface area contributed by atoms with E-state index in [2.05, 4.69) is 476 Å². The normalized spacial score (nSPS) is 11.3. The van der Waals surface area contributed by atoms with E-state index >= 15 is 0 Å². The van der Waals surface area contributed by atoms with E-state index in [4.69, 9.17) is 0 Å². The summed E-state index contributed by atoms with van der Waals surface area (Å²) in [7, 11) is 8.45. The lowest BCUT2D eigenvalue weighted by molar-refractivity contribution is -0.131. The maximum atomic E-state index is 13.9. The van der Waals surface area contributed by atoms with Gasteiger partial charge in [0, 0.05) is 27.2 Å². The Balaban J connectivity index is 6.92. The lowest BCUT2D eigenvalue weighted by atomic mass is 8.82. The standard InChI is InChI=1S/C12H23B24I20N3O10/c37-17(13-15-19(39)40)21(43)33(57(10(67)5-62)1-8(65)3-60)29(51)25(47)23(45)27(49)31(53)35(55)59(12(69)7-64)36(56)32(54)28(50)24(46)26(48)30(52)34(22(44)18(38)14-16-20(41)42)58(11(68)6-63)2-9(66)4-61/h8-9,60-66H,1-7H2. The molecule has 0 bridgehead atoms. The SMILES string of the molecule is O=C(CO)N(CC(O)CO)B(B(I)B(I)[B][B]B(I)I)B(I)B(I)B(I)B(I)B(I)B(I)N(B(I)B(I)B(I)B(I)B(I)B(I)B(B(I)B(I)[B][B]B(I)I)N(CC(O)CO)C(=O)CO)C(=O)CO. The predicted molar refractivity (Wildman–Crippen MR) is 496 cm³/mol. The van der Waals surface area contributed by atoms with E-state index in [0.717, 1.165) is 0 Å². The minimum absolute atomic E-state index is 0.000655. The Kier molecular flexibility index (Phi) is 55.0. The molecule has 2 unspecified atom stereocenters. The Bertz CT molecular complexity index is 1430. The molecule has 0 aromatic heterocycles. The third-order valence-corrected chi connectivity index (χ3v) is 51.1. The van der Waals surface area contributed by atoms with Gasteiger partial charge in [-0.25, -0.2) is 0 Å². The molecule has 0 aliphatic rings. The molecule has 0 saturated carbocycles. The van der Waals surface area contributed by atoms with Crippen molar-refractivity contribution in [3.05, 3.63) is 0 Å². The van der Waals surface area contributed by atoms with Crippen molar-refractivity contribution >= 4 is 581 Å². The maximum Gasteiger partial charge on any atom is 0.284 e. The van der Waals surface area contributed by atoms with Gasteiger partial charge in [0.15, 0.2) is 43.5 Å². The van der Waals surface area contributed by atoms with E-state index in [1.54, 1.807) is 4.72 Å². The van der Waals surface area contributed by atoms with Crippen molar-refractivity contribution in [2.75, 3.05) is 46.1 Å². The van der Waals surface area contributed by atoms with Crippen LogP contribution in [0, 0.1) is 0 Å². The van der Waals surface area contributed by atoms with Crippen molar-refractivity contribution in [1.29, 1.82) is 0 Å². The summed E-state index contributed by atoms with van der Waals surface area (Å²) in [6, 6.07) is 0. The van der Waals surface area contributed by atoms with Gasteiger partial charge >= 0.3 is 0 Å². The van der Waals surface area contributed by atoms with Gasteiger partial charge in [-0.05, 0) is 0 Å². The van der Waals surface area contributed by atoms with Crippen LogP contribution < -0.4 is 0 Å². The highest BCUT2D eigenvalue weighted by molar-refractivity contribution is 14.3. The van der Waals surface area contributed by atoms with E-state index < -0.39 is 70.3 Å². The monoisotopic (exact) mass is 3170 g/mol. The summed E-state index contributed by atoms with van der Waals surface area (Å²) in [6.07, 6.45) is -2.37. The van der Waals surface area contributed by atoms with Crippen molar-refractivity contribution in [2.45, 2.75) is 12.2 Å². The molecule has 13 nitrogen and oxygen atoms in total. The molecule has 0 heterocycles. The maximum absolute atomic E-state index is 13.9. The highest BCUT2D eigenvalue weighted by atomic mass is 127. The Morgan fingerprint density at radius 2 is 0.638 bits per heavy atom. The van der Waals surface area contributed by atoms with Crippen molar-refractivity contribution in [3.63, 3.8) is 0 Å². The molecule has 3 amide bonds. The average molecular weight is 3170 g/mol. The molecule has 0 aliphatic heterocycles. The van der Waals surface area contributed by atoms with Gasteiger partial charge in [-0.1, -0.05) is 0 Å². The zero-order valence-electron chi connectivity index (χ0n) is 34.7. The van der Waals surface area contributed by atoms with Crippen molar-refractivity contribution in [2.24, 2.45) is 0 Å². The molecule has 0 aromatic carbocycles. The van der Waals surface area contributed by atoms with E-state index in [1.165, 1.54) is 9.62 Å². The summed E-state index contributed by atoms with van der Waals surface area (Å²) in [5, 5.41) is 71.5. The highest BCUT2D eigenvalue weighted by Gasteiger charge is 2.58. The fourth-order valence-electron chi connectivity index (χ4n) is 6.07. The smallest absolute Gasteiger partial charge is 0.284 e. The van der Waals surface area contributed by atoms with Crippen LogP contribution in [0.1, 0.15) is 0 Å². The van der Waals surface area contributed by atoms with Crippen LogP contribution in [0.25, 0.3) is 0 Å². The van der Waals surface area contributed by atoms with E-state index in [-0.39, 0.29) is 93.7 Å². The largest absolute Gasteiger partial charge is 0.423 e. The first kappa shape index (κ1) is 83.3. The summed E-state index contributed by atoms with van der Waals surface area (Å²) >= 11 is 47.9. The van der Waals surface area contributed by atoms with Crippen LogP contribution in [0.2, 0.25) is 0 Å². The highest BCUT2D eigenvalue weighted by Crippen LogP contribution is 2.34. The molecule has 7 N–H and O–H groups in total. The first-order valence-corrected chi connectivity index (χ1v) is 44.3. The van der Waals surface area contributed by atoms with Gasteiger partial charge in [0.2, 0.25) is 44.3 Å². The number of rotatable bonds is 35. The molecule has 57 heteroatoms. The van der Waals surface area contributed by atoms with Crippen molar-refractivity contribution < 1.29 is 50.1 Å². The number of nitrogens with zero attached hydrogens (tertiary/aromatic N) is 3. The Hall–Kier alpha value is 14.3. The van der Waals surface area contributed by atoms with Crippen LogP contribution in [-0.4, -0.2) is 242 Å². The fraction of sp³-hybridized carbons (Fsp3) is 0.750. The molecule has 358 valence electrons. The summed E-state index contributed by atoms with van der Waals surface area (Å²) in [6.45, 7) is -4.33. The Morgan fingerprint density at radius 3 is 0.884 bits per heavy atom. The molecule has 0 spiro atoms. The lowest BCUT2D eigenvalue weighted by Gasteiger charge is -2.38.